The third kappa shape index (κ3) is 1.98. The second kappa shape index (κ2) is 4.91. The molecule has 1 N–H and O–H groups in total. The first-order valence-electron chi connectivity index (χ1n) is 9.35. The maximum absolute atomic E-state index is 14.6. The van der Waals surface area contributed by atoms with Crippen molar-refractivity contribution in [1.29, 1.82) is 0 Å². The molecule has 0 aromatic rings. The molecule has 0 spiro atoms. The summed E-state index contributed by atoms with van der Waals surface area (Å²) in [6.07, 6.45) is 5.96. The quantitative estimate of drug-likeness (QED) is 0.730. The molecule has 3 heteroatoms. The number of hydrogen-bond acceptors (Lipinski definition) is 2. The van der Waals surface area contributed by atoms with Gasteiger partial charge in [0, 0.05) is 11.8 Å². The van der Waals surface area contributed by atoms with Crippen LogP contribution in [0.2, 0.25) is 0 Å². The summed E-state index contributed by atoms with van der Waals surface area (Å²) >= 11 is 0. The maximum atomic E-state index is 14.6. The normalized spacial score (nSPS) is 55.7. The fraction of sp³-hybridized carbons (Fsp3) is 0.850. The minimum atomic E-state index is -1.19. The molecule has 0 radical (unpaired) electrons. The van der Waals surface area contributed by atoms with Gasteiger partial charge in [-0.2, -0.15) is 0 Å². The molecular formula is C20H29FO2. The number of hydrogen-bond donors (Lipinski definition) is 1. The molecule has 0 saturated heterocycles. The number of carbonyl (C=O) groups excluding carboxylic acids is 1. The van der Waals surface area contributed by atoms with Gasteiger partial charge in [0.05, 0.1) is 5.60 Å². The number of alkyl halides is 1. The zero-order valence-corrected chi connectivity index (χ0v) is 14.5. The SMILES string of the molecule is CC1CC2=CC(=O)CC[C@@H]2C2CC[C@@]3(C)C(C[C@@H](F)[C@]3(C)O)C12. The second-order valence-electron chi connectivity index (χ2n) is 9.17. The number of fused-ring (bicyclic) bond motifs is 5. The molecule has 3 saturated carbocycles. The standard InChI is InChI=1S/C20H29FO2/c1-11-8-12-9-13(22)4-5-14(12)15-6-7-19(2)16(18(11)15)10-17(21)20(19,3)23/h9,11,14-18,23H,4-8,10H2,1-3H3/t11?,14-,15?,16?,17+,18?,19-,20-/m0/s1. The van der Waals surface area contributed by atoms with Crippen molar-refractivity contribution in [2.24, 2.45) is 35.0 Å². The monoisotopic (exact) mass is 320 g/mol. The summed E-state index contributed by atoms with van der Waals surface area (Å²) in [7, 11) is 0. The fourth-order valence-electron chi connectivity index (χ4n) is 6.79. The van der Waals surface area contributed by atoms with Gasteiger partial charge in [0.15, 0.2) is 5.78 Å². The Morgan fingerprint density at radius 3 is 2.78 bits per heavy atom. The highest BCUT2D eigenvalue weighted by atomic mass is 19.1. The summed E-state index contributed by atoms with van der Waals surface area (Å²) in [6.45, 7) is 6.12. The Morgan fingerprint density at radius 2 is 2.04 bits per heavy atom. The second-order valence-corrected chi connectivity index (χ2v) is 9.17. The van der Waals surface area contributed by atoms with E-state index in [-0.39, 0.29) is 17.1 Å². The summed E-state index contributed by atoms with van der Waals surface area (Å²) in [6, 6.07) is 0. The topological polar surface area (TPSA) is 37.3 Å². The third-order valence-electron chi connectivity index (χ3n) is 8.26. The average molecular weight is 320 g/mol. The van der Waals surface area contributed by atoms with Gasteiger partial charge in [-0.15, -0.1) is 0 Å². The lowest BCUT2D eigenvalue weighted by atomic mass is 9.48. The minimum absolute atomic E-state index is 0.278. The maximum Gasteiger partial charge on any atom is 0.155 e. The molecule has 4 aliphatic carbocycles. The summed E-state index contributed by atoms with van der Waals surface area (Å²) in [5.41, 5.74) is -0.130. The van der Waals surface area contributed by atoms with E-state index in [1.807, 2.05) is 6.08 Å². The molecule has 128 valence electrons. The van der Waals surface area contributed by atoms with Gasteiger partial charge in [-0.25, -0.2) is 4.39 Å². The average Bonchev–Trinajstić information content (AvgIpc) is 2.66. The first-order valence-corrected chi connectivity index (χ1v) is 9.35. The molecule has 23 heavy (non-hydrogen) atoms. The van der Waals surface area contributed by atoms with Crippen LogP contribution in [-0.4, -0.2) is 22.7 Å². The van der Waals surface area contributed by atoms with E-state index in [4.69, 9.17) is 0 Å². The van der Waals surface area contributed by atoms with E-state index < -0.39 is 11.8 Å². The van der Waals surface area contributed by atoms with Gasteiger partial charge >= 0.3 is 0 Å². The lowest BCUT2D eigenvalue weighted by molar-refractivity contribution is -0.132. The Balaban J connectivity index is 1.71. The van der Waals surface area contributed by atoms with Gasteiger partial charge in [-0.3, -0.25) is 4.79 Å². The highest BCUT2D eigenvalue weighted by Gasteiger charge is 2.65. The van der Waals surface area contributed by atoms with E-state index in [0.717, 1.165) is 25.7 Å². The summed E-state index contributed by atoms with van der Waals surface area (Å²) < 4.78 is 14.6. The molecule has 0 heterocycles. The van der Waals surface area contributed by atoms with E-state index in [9.17, 15) is 14.3 Å². The summed E-state index contributed by atoms with van der Waals surface area (Å²) in [4.78, 5) is 11.8. The van der Waals surface area contributed by atoms with E-state index in [2.05, 4.69) is 13.8 Å². The number of halogens is 1. The summed E-state index contributed by atoms with van der Waals surface area (Å²) in [5, 5.41) is 10.8. The molecule has 0 amide bonds. The van der Waals surface area contributed by atoms with Crippen molar-refractivity contribution in [2.45, 2.75) is 71.1 Å². The van der Waals surface area contributed by atoms with E-state index in [1.54, 1.807) is 6.92 Å². The lowest BCUT2D eigenvalue weighted by Gasteiger charge is -2.57. The number of carbonyl (C=O) groups is 1. The Bertz CT molecular complexity index is 566. The number of aliphatic hydroxyl groups is 1. The van der Waals surface area contributed by atoms with Crippen LogP contribution in [0.15, 0.2) is 11.6 Å². The van der Waals surface area contributed by atoms with Crippen LogP contribution in [0.4, 0.5) is 4.39 Å². The van der Waals surface area contributed by atoms with Crippen LogP contribution in [0.5, 0.6) is 0 Å². The molecule has 0 aromatic carbocycles. The van der Waals surface area contributed by atoms with Gasteiger partial charge in [-0.05, 0) is 74.7 Å². The van der Waals surface area contributed by atoms with Crippen molar-refractivity contribution in [3.8, 4) is 0 Å². The lowest BCUT2D eigenvalue weighted by Crippen LogP contribution is -2.54. The van der Waals surface area contributed by atoms with Crippen molar-refractivity contribution in [1.82, 2.24) is 0 Å². The molecule has 0 bridgehead atoms. The first-order chi connectivity index (χ1) is 10.8. The van der Waals surface area contributed by atoms with Crippen LogP contribution in [0.1, 0.15) is 59.3 Å². The van der Waals surface area contributed by atoms with Crippen molar-refractivity contribution < 1.29 is 14.3 Å². The fourth-order valence-corrected chi connectivity index (χ4v) is 6.79. The van der Waals surface area contributed by atoms with Crippen LogP contribution < -0.4 is 0 Å². The van der Waals surface area contributed by atoms with Crippen molar-refractivity contribution in [3.05, 3.63) is 11.6 Å². The van der Waals surface area contributed by atoms with Crippen molar-refractivity contribution >= 4 is 5.78 Å². The smallest absolute Gasteiger partial charge is 0.155 e. The highest BCUT2D eigenvalue weighted by Crippen LogP contribution is 2.66. The van der Waals surface area contributed by atoms with Crippen LogP contribution in [0, 0.1) is 35.0 Å². The van der Waals surface area contributed by atoms with Crippen LogP contribution >= 0.6 is 0 Å². The Labute approximate surface area is 138 Å². The highest BCUT2D eigenvalue weighted by molar-refractivity contribution is 5.91. The van der Waals surface area contributed by atoms with Gasteiger partial charge < -0.3 is 5.11 Å². The predicted molar refractivity (Wildman–Crippen MR) is 87.5 cm³/mol. The summed E-state index contributed by atoms with van der Waals surface area (Å²) in [5.74, 6) is 2.66. The van der Waals surface area contributed by atoms with E-state index in [0.29, 0.717) is 36.5 Å². The van der Waals surface area contributed by atoms with Gasteiger partial charge in [-0.1, -0.05) is 19.4 Å². The Morgan fingerprint density at radius 1 is 1.30 bits per heavy atom. The van der Waals surface area contributed by atoms with Crippen molar-refractivity contribution in [2.75, 3.05) is 0 Å². The largest absolute Gasteiger partial charge is 0.387 e. The van der Waals surface area contributed by atoms with Crippen LogP contribution in [0.3, 0.4) is 0 Å². The zero-order valence-electron chi connectivity index (χ0n) is 14.5. The van der Waals surface area contributed by atoms with Crippen LogP contribution in [0.25, 0.3) is 0 Å². The molecule has 3 fully saturated rings. The predicted octanol–water partition coefficient (Wildman–Crippen LogP) is 4.07. The van der Waals surface area contributed by atoms with Gasteiger partial charge in [0.2, 0.25) is 0 Å². The van der Waals surface area contributed by atoms with Crippen molar-refractivity contribution in [3.63, 3.8) is 0 Å². The van der Waals surface area contributed by atoms with E-state index in [1.165, 1.54) is 5.57 Å². The molecule has 4 rings (SSSR count). The molecule has 0 aliphatic heterocycles. The first kappa shape index (κ1) is 15.8. The number of rotatable bonds is 0. The Hall–Kier alpha value is -0.700. The molecule has 4 unspecified atom stereocenters. The molecule has 8 atom stereocenters. The number of ketones is 1. The van der Waals surface area contributed by atoms with Gasteiger partial charge in [0.25, 0.3) is 0 Å². The van der Waals surface area contributed by atoms with Gasteiger partial charge in [0.1, 0.15) is 6.17 Å². The third-order valence-corrected chi connectivity index (χ3v) is 8.26. The molecule has 0 aromatic heterocycles. The van der Waals surface area contributed by atoms with E-state index >= 15 is 0 Å². The number of allylic oxidation sites excluding steroid dienone is 1. The molecule has 4 aliphatic rings. The molecule has 2 nitrogen and oxygen atoms in total. The minimum Gasteiger partial charge on any atom is -0.387 e. The zero-order chi connectivity index (χ0) is 16.6. The Kier molecular flexibility index (Phi) is 3.37. The molecular weight excluding hydrogens is 291 g/mol. The van der Waals surface area contributed by atoms with Crippen LogP contribution in [-0.2, 0) is 4.79 Å².